The Balaban J connectivity index is 1.62. The van der Waals surface area contributed by atoms with Crippen molar-refractivity contribution in [2.45, 2.75) is 26.8 Å². The summed E-state index contributed by atoms with van der Waals surface area (Å²) in [5, 5.41) is 3.09. The van der Waals surface area contributed by atoms with Crippen LogP contribution in [0.1, 0.15) is 32.9 Å². The number of hydrogen-bond donors (Lipinski definition) is 1. The third-order valence-corrected chi connectivity index (χ3v) is 6.04. The van der Waals surface area contributed by atoms with Gasteiger partial charge in [-0.1, -0.05) is 42.5 Å². The van der Waals surface area contributed by atoms with Crippen LogP contribution in [0.5, 0.6) is 0 Å². The second-order valence-corrected chi connectivity index (χ2v) is 8.21. The van der Waals surface area contributed by atoms with Gasteiger partial charge in [0, 0.05) is 37.4 Å². The van der Waals surface area contributed by atoms with Crippen molar-refractivity contribution in [1.29, 1.82) is 0 Å². The summed E-state index contributed by atoms with van der Waals surface area (Å²) in [7, 11) is 0. The van der Waals surface area contributed by atoms with Crippen LogP contribution in [-0.2, 0) is 17.7 Å². The maximum Gasteiger partial charge on any atom is 0.268 e. The Morgan fingerprint density at radius 2 is 1.75 bits per heavy atom. The lowest BCUT2D eigenvalue weighted by atomic mass is 10.1. The SMILES string of the molecule is Cc1c(N2CCOCC2)c(C)n(Cc2cccc(F)c2)c1C(=O)NCCc1ccccc1. The van der Waals surface area contributed by atoms with Crippen molar-refractivity contribution >= 4 is 11.6 Å². The van der Waals surface area contributed by atoms with E-state index in [1.165, 1.54) is 17.7 Å². The lowest BCUT2D eigenvalue weighted by molar-refractivity contribution is 0.0944. The zero-order valence-corrected chi connectivity index (χ0v) is 18.7. The third-order valence-electron chi connectivity index (χ3n) is 6.04. The average molecular weight is 436 g/mol. The number of nitrogens with zero attached hydrogens (tertiary/aromatic N) is 2. The summed E-state index contributed by atoms with van der Waals surface area (Å²) >= 11 is 0. The summed E-state index contributed by atoms with van der Waals surface area (Å²) in [6, 6.07) is 16.7. The van der Waals surface area contributed by atoms with Gasteiger partial charge in [0.1, 0.15) is 11.5 Å². The molecule has 1 saturated heterocycles. The first-order valence-electron chi connectivity index (χ1n) is 11.1. The van der Waals surface area contributed by atoms with E-state index in [4.69, 9.17) is 4.74 Å². The van der Waals surface area contributed by atoms with Crippen molar-refractivity contribution in [1.82, 2.24) is 9.88 Å². The predicted octanol–water partition coefficient (Wildman–Crippen LogP) is 4.10. The zero-order valence-electron chi connectivity index (χ0n) is 18.7. The molecule has 2 aromatic carbocycles. The highest BCUT2D eigenvalue weighted by molar-refractivity contribution is 5.96. The quantitative estimate of drug-likeness (QED) is 0.608. The zero-order chi connectivity index (χ0) is 22.5. The first kappa shape index (κ1) is 22.1. The molecular weight excluding hydrogens is 405 g/mol. The molecule has 0 aliphatic carbocycles. The van der Waals surface area contributed by atoms with Crippen LogP contribution in [0.15, 0.2) is 54.6 Å². The molecule has 5 nitrogen and oxygen atoms in total. The summed E-state index contributed by atoms with van der Waals surface area (Å²) in [5.74, 6) is -0.372. The van der Waals surface area contributed by atoms with Gasteiger partial charge in [-0.2, -0.15) is 0 Å². The number of ether oxygens (including phenoxy) is 1. The van der Waals surface area contributed by atoms with Crippen molar-refractivity contribution in [2.75, 3.05) is 37.7 Å². The molecule has 6 heteroatoms. The number of hydrogen-bond acceptors (Lipinski definition) is 3. The van der Waals surface area contributed by atoms with Gasteiger partial charge in [0.15, 0.2) is 0 Å². The molecule has 1 aliphatic rings. The number of halogens is 1. The minimum atomic E-state index is -0.272. The fraction of sp³-hybridized carbons (Fsp3) is 0.346. The van der Waals surface area contributed by atoms with Crippen molar-refractivity contribution in [3.8, 4) is 0 Å². The molecule has 1 N–H and O–H groups in total. The van der Waals surface area contributed by atoms with Crippen molar-refractivity contribution < 1.29 is 13.9 Å². The van der Waals surface area contributed by atoms with E-state index in [-0.39, 0.29) is 11.7 Å². The largest absolute Gasteiger partial charge is 0.378 e. The molecule has 0 radical (unpaired) electrons. The van der Waals surface area contributed by atoms with E-state index < -0.39 is 0 Å². The van der Waals surface area contributed by atoms with Crippen LogP contribution in [0.25, 0.3) is 0 Å². The van der Waals surface area contributed by atoms with Crippen LogP contribution in [-0.4, -0.2) is 43.3 Å². The fourth-order valence-corrected chi connectivity index (χ4v) is 4.49. The Bertz CT molecular complexity index is 1070. The summed E-state index contributed by atoms with van der Waals surface area (Å²) in [6.07, 6.45) is 0.769. The van der Waals surface area contributed by atoms with Gasteiger partial charge in [-0.25, -0.2) is 4.39 Å². The summed E-state index contributed by atoms with van der Waals surface area (Å²) in [4.78, 5) is 15.6. The van der Waals surface area contributed by atoms with E-state index in [9.17, 15) is 9.18 Å². The van der Waals surface area contributed by atoms with Gasteiger partial charge in [0.25, 0.3) is 5.91 Å². The Hall–Kier alpha value is -3.12. The Kier molecular flexibility index (Phi) is 6.90. The van der Waals surface area contributed by atoms with Crippen LogP contribution >= 0.6 is 0 Å². The molecule has 2 heterocycles. The number of benzene rings is 2. The number of amides is 1. The van der Waals surface area contributed by atoms with Gasteiger partial charge >= 0.3 is 0 Å². The maximum atomic E-state index is 13.8. The first-order chi connectivity index (χ1) is 15.5. The molecule has 0 atom stereocenters. The van der Waals surface area contributed by atoms with Crippen molar-refractivity contribution in [3.05, 3.63) is 88.5 Å². The number of aromatic nitrogens is 1. The van der Waals surface area contributed by atoms with E-state index in [1.807, 2.05) is 42.7 Å². The molecule has 0 spiro atoms. The van der Waals surface area contributed by atoms with Gasteiger partial charge in [0.2, 0.25) is 0 Å². The molecule has 3 aromatic rings. The second kappa shape index (κ2) is 10.0. The summed E-state index contributed by atoms with van der Waals surface area (Å²) in [5.41, 5.74) is 5.71. The molecular formula is C26H30FN3O2. The number of rotatable bonds is 7. The van der Waals surface area contributed by atoms with Crippen LogP contribution < -0.4 is 10.2 Å². The highest BCUT2D eigenvalue weighted by atomic mass is 19.1. The highest BCUT2D eigenvalue weighted by Crippen LogP contribution is 2.32. The van der Waals surface area contributed by atoms with E-state index in [2.05, 4.69) is 22.3 Å². The minimum absolute atomic E-state index is 0.0996. The topological polar surface area (TPSA) is 46.5 Å². The smallest absolute Gasteiger partial charge is 0.268 e. The summed E-state index contributed by atoms with van der Waals surface area (Å²) in [6.45, 7) is 7.97. The second-order valence-electron chi connectivity index (χ2n) is 8.21. The Labute approximate surface area is 188 Å². The molecule has 0 saturated carbocycles. The van der Waals surface area contributed by atoms with Gasteiger partial charge in [-0.15, -0.1) is 0 Å². The number of morpholine rings is 1. The third kappa shape index (κ3) is 4.86. The van der Waals surface area contributed by atoms with Gasteiger partial charge in [-0.3, -0.25) is 4.79 Å². The maximum absolute atomic E-state index is 13.8. The van der Waals surface area contributed by atoms with Crippen molar-refractivity contribution in [3.63, 3.8) is 0 Å². The summed E-state index contributed by atoms with van der Waals surface area (Å²) < 4.78 is 21.4. The van der Waals surface area contributed by atoms with Gasteiger partial charge in [-0.05, 0) is 43.5 Å². The minimum Gasteiger partial charge on any atom is -0.378 e. The first-order valence-corrected chi connectivity index (χ1v) is 11.1. The van der Waals surface area contributed by atoms with Crippen LogP contribution in [0.4, 0.5) is 10.1 Å². The molecule has 4 rings (SSSR count). The lowest BCUT2D eigenvalue weighted by Gasteiger charge is -2.29. The van der Waals surface area contributed by atoms with Gasteiger partial charge in [0.05, 0.1) is 18.9 Å². The molecule has 1 fully saturated rings. The Morgan fingerprint density at radius 1 is 1.03 bits per heavy atom. The van der Waals surface area contributed by atoms with Crippen molar-refractivity contribution in [2.24, 2.45) is 0 Å². The van der Waals surface area contributed by atoms with Crippen LogP contribution in [0.3, 0.4) is 0 Å². The van der Waals surface area contributed by atoms with Crippen LogP contribution in [0, 0.1) is 19.7 Å². The lowest BCUT2D eigenvalue weighted by Crippen LogP contribution is -2.36. The Morgan fingerprint density at radius 3 is 2.47 bits per heavy atom. The van der Waals surface area contributed by atoms with Gasteiger partial charge < -0.3 is 19.5 Å². The molecule has 0 unspecified atom stereocenters. The molecule has 1 amide bonds. The fourth-order valence-electron chi connectivity index (χ4n) is 4.49. The number of carbonyl (C=O) groups is 1. The molecule has 32 heavy (non-hydrogen) atoms. The normalized spacial score (nSPS) is 13.9. The number of nitrogens with one attached hydrogen (secondary N) is 1. The molecule has 1 aliphatic heterocycles. The van der Waals surface area contributed by atoms with Crippen LogP contribution in [0.2, 0.25) is 0 Å². The monoisotopic (exact) mass is 435 g/mol. The molecule has 1 aromatic heterocycles. The average Bonchev–Trinajstić information content (AvgIpc) is 3.04. The highest BCUT2D eigenvalue weighted by Gasteiger charge is 2.26. The van der Waals surface area contributed by atoms with E-state index in [0.717, 1.165) is 42.0 Å². The van der Waals surface area contributed by atoms with E-state index in [0.29, 0.717) is 32.0 Å². The predicted molar refractivity (Wildman–Crippen MR) is 125 cm³/mol. The molecule has 168 valence electrons. The molecule has 0 bridgehead atoms. The van der Waals surface area contributed by atoms with E-state index >= 15 is 0 Å². The number of carbonyl (C=O) groups excluding carboxylic acids is 1. The number of anilines is 1. The standard InChI is InChI=1S/C26H30FN3O2/c1-19-24(29-13-15-32-16-14-29)20(2)30(18-22-9-6-10-23(27)17-22)25(19)26(31)28-12-11-21-7-4-3-5-8-21/h3-10,17H,11-16,18H2,1-2H3,(H,28,31). The van der Waals surface area contributed by atoms with E-state index in [1.54, 1.807) is 6.07 Å².